The fourth-order valence-electron chi connectivity index (χ4n) is 3.99. The normalized spacial score (nSPS) is 16.5. The Labute approximate surface area is 157 Å². The summed E-state index contributed by atoms with van der Waals surface area (Å²) >= 11 is 0. The number of nitrogens with two attached hydrogens (primary N) is 1. The van der Waals surface area contributed by atoms with E-state index in [1.165, 1.54) is 6.92 Å². The van der Waals surface area contributed by atoms with Crippen molar-refractivity contribution in [2.75, 3.05) is 23.7 Å². The number of piperidine rings is 1. The fraction of sp³-hybridized carbons (Fsp3) is 0.350. The highest BCUT2D eigenvalue weighted by Crippen LogP contribution is 2.50. The quantitative estimate of drug-likeness (QED) is 0.857. The number of nitriles is 1. The van der Waals surface area contributed by atoms with Gasteiger partial charge in [0.2, 0.25) is 0 Å². The predicted molar refractivity (Wildman–Crippen MR) is 101 cm³/mol. The van der Waals surface area contributed by atoms with Crippen LogP contribution in [0.5, 0.6) is 5.75 Å². The van der Waals surface area contributed by atoms with Gasteiger partial charge in [-0.2, -0.15) is 5.26 Å². The summed E-state index contributed by atoms with van der Waals surface area (Å²) in [5, 5.41) is 19.0. The molecular formula is C20H20N4O3. The number of fused-ring (bicyclic) bond motifs is 2. The Hall–Kier alpha value is -3.27. The maximum Gasteiger partial charge on any atom is 0.344 e. The number of aliphatic carboxylic acids is 1. The predicted octanol–water partition coefficient (Wildman–Crippen LogP) is 2.75. The molecule has 5 rings (SSSR count). The average molecular weight is 364 g/mol. The third kappa shape index (κ3) is 2.74. The molecule has 0 saturated carbocycles. The molecule has 1 saturated heterocycles. The van der Waals surface area contributed by atoms with E-state index in [-0.39, 0.29) is 5.82 Å². The molecule has 3 aliphatic rings. The summed E-state index contributed by atoms with van der Waals surface area (Å²) in [6.07, 6.45) is 1.04. The van der Waals surface area contributed by atoms with Crippen molar-refractivity contribution in [3.63, 3.8) is 0 Å². The number of carboxylic acids is 1. The second-order valence-electron chi connectivity index (χ2n) is 6.95. The van der Waals surface area contributed by atoms with Crippen LogP contribution in [0.15, 0.2) is 24.3 Å². The fourth-order valence-corrected chi connectivity index (χ4v) is 3.99. The van der Waals surface area contributed by atoms with E-state index < -0.39 is 12.1 Å². The van der Waals surface area contributed by atoms with Crippen LogP contribution in [-0.2, 0) is 4.79 Å². The zero-order chi connectivity index (χ0) is 19.1. The van der Waals surface area contributed by atoms with Gasteiger partial charge in [-0.1, -0.05) is 18.2 Å². The van der Waals surface area contributed by atoms with Gasteiger partial charge in [-0.3, -0.25) is 0 Å². The number of nitrogen functional groups attached to an aromatic ring is 1. The number of aromatic nitrogens is 1. The smallest absolute Gasteiger partial charge is 0.344 e. The van der Waals surface area contributed by atoms with E-state index in [0.717, 1.165) is 37.3 Å². The molecule has 7 nitrogen and oxygen atoms in total. The number of nitrogens with zero attached hydrogens (tertiary/aromatic N) is 3. The highest BCUT2D eigenvalue weighted by atomic mass is 16.5. The van der Waals surface area contributed by atoms with Crippen LogP contribution in [0.1, 0.15) is 36.9 Å². The molecular weight excluding hydrogens is 344 g/mol. The molecule has 27 heavy (non-hydrogen) atoms. The second kappa shape index (κ2) is 6.47. The first-order chi connectivity index (χ1) is 13.0. The summed E-state index contributed by atoms with van der Waals surface area (Å²) in [6, 6.07) is 9.37. The Morgan fingerprint density at radius 2 is 2.11 bits per heavy atom. The van der Waals surface area contributed by atoms with Gasteiger partial charge >= 0.3 is 5.97 Å². The maximum absolute atomic E-state index is 11.2. The molecule has 4 heterocycles. The van der Waals surface area contributed by atoms with E-state index in [2.05, 4.69) is 16.0 Å². The molecule has 0 spiro atoms. The summed E-state index contributed by atoms with van der Waals surface area (Å²) in [7, 11) is 0. The van der Waals surface area contributed by atoms with Crippen LogP contribution in [-0.4, -0.2) is 35.3 Å². The van der Waals surface area contributed by atoms with Crippen molar-refractivity contribution in [2.24, 2.45) is 0 Å². The number of para-hydroxylation sites is 1. The lowest BCUT2D eigenvalue weighted by Crippen LogP contribution is -2.40. The first-order valence-electron chi connectivity index (χ1n) is 8.98. The van der Waals surface area contributed by atoms with Gasteiger partial charge in [-0.15, -0.1) is 0 Å². The van der Waals surface area contributed by atoms with Crippen molar-refractivity contribution in [3.8, 4) is 22.9 Å². The molecule has 1 aromatic heterocycles. The molecule has 0 amide bonds. The third-order valence-electron chi connectivity index (χ3n) is 5.34. The largest absolute Gasteiger partial charge is 0.479 e. The van der Waals surface area contributed by atoms with E-state index in [1.807, 2.05) is 12.1 Å². The number of hydrogen-bond donors (Lipinski definition) is 2. The van der Waals surface area contributed by atoms with Gasteiger partial charge in [0.05, 0.1) is 11.4 Å². The first-order valence-corrected chi connectivity index (χ1v) is 8.98. The minimum atomic E-state index is -1.05. The van der Waals surface area contributed by atoms with Crippen LogP contribution in [0.25, 0.3) is 11.1 Å². The highest BCUT2D eigenvalue weighted by molar-refractivity contribution is 5.91. The Morgan fingerprint density at radius 3 is 2.78 bits per heavy atom. The minimum Gasteiger partial charge on any atom is -0.479 e. The minimum absolute atomic E-state index is 0.209. The van der Waals surface area contributed by atoms with Crippen molar-refractivity contribution >= 4 is 17.5 Å². The number of ether oxygens (including phenoxy) is 1. The lowest BCUT2D eigenvalue weighted by atomic mass is 9.82. The van der Waals surface area contributed by atoms with Gasteiger partial charge < -0.3 is 20.5 Å². The van der Waals surface area contributed by atoms with Gasteiger partial charge in [0.1, 0.15) is 23.2 Å². The Balaban J connectivity index is 1.96. The SMILES string of the molecule is C[C@H](Oc1ccccc1-c1c(C#N)c(N)nc2c1N1CCC2CC1)C(=O)O. The Kier molecular flexibility index (Phi) is 4.11. The van der Waals surface area contributed by atoms with Crippen molar-refractivity contribution in [1.29, 1.82) is 5.26 Å². The second-order valence-corrected chi connectivity index (χ2v) is 6.95. The maximum atomic E-state index is 11.2. The Bertz CT molecular complexity index is 958. The standard InChI is InChI=1S/C20H20N4O3/c1-11(20(25)26)27-15-5-3-2-4-13(15)16-14(10-21)19(22)23-17-12-6-8-24(9-7-12)18(16)17/h2-5,11-12H,6-9H2,1H3,(H2,22,23)(H,25,26)/t11-/m0/s1. The van der Waals surface area contributed by atoms with Crippen LogP contribution in [0, 0.1) is 11.3 Å². The molecule has 2 aromatic rings. The molecule has 1 fully saturated rings. The van der Waals surface area contributed by atoms with Crippen LogP contribution in [0.2, 0.25) is 0 Å². The number of anilines is 2. The average Bonchev–Trinajstić information content (AvgIpc) is 2.68. The van der Waals surface area contributed by atoms with Gasteiger partial charge in [0, 0.05) is 30.1 Å². The van der Waals surface area contributed by atoms with E-state index in [0.29, 0.717) is 28.4 Å². The molecule has 0 unspecified atom stereocenters. The molecule has 3 N–H and O–H groups in total. The van der Waals surface area contributed by atoms with E-state index >= 15 is 0 Å². The molecule has 138 valence electrons. The summed E-state index contributed by atoms with van der Waals surface area (Å²) in [6.45, 7) is 3.30. The number of carboxylic acid groups (broad SMARTS) is 1. The van der Waals surface area contributed by atoms with Crippen LogP contribution in [0.3, 0.4) is 0 Å². The van der Waals surface area contributed by atoms with Crippen molar-refractivity contribution < 1.29 is 14.6 Å². The van der Waals surface area contributed by atoms with Crippen LogP contribution >= 0.6 is 0 Å². The number of benzene rings is 1. The van der Waals surface area contributed by atoms with Crippen molar-refractivity contribution in [2.45, 2.75) is 31.8 Å². The number of carbonyl (C=O) groups is 1. The number of pyridine rings is 1. The van der Waals surface area contributed by atoms with Crippen LogP contribution in [0.4, 0.5) is 11.5 Å². The van der Waals surface area contributed by atoms with Crippen molar-refractivity contribution in [3.05, 3.63) is 35.5 Å². The molecule has 0 radical (unpaired) electrons. The number of hydrogen-bond acceptors (Lipinski definition) is 6. The zero-order valence-corrected chi connectivity index (χ0v) is 15.0. The molecule has 1 atom stereocenters. The van der Waals surface area contributed by atoms with Gasteiger partial charge in [-0.05, 0) is 25.8 Å². The third-order valence-corrected chi connectivity index (χ3v) is 5.34. The van der Waals surface area contributed by atoms with Crippen molar-refractivity contribution in [1.82, 2.24) is 4.98 Å². The zero-order valence-electron chi connectivity index (χ0n) is 15.0. The molecule has 1 aromatic carbocycles. The highest BCUT2D eigenvalue weighted by Gasteiger charge is 2.36. The molecule has 0 aliphatic carbocycles. The van der Waals surface area contributed by atoms with E-state index in [1.54, 1.807) is 12.1 Å². The van der Waals surface area contributed by atoms with Gasteiger partial charge in [0.25, 0.3) is 0 Å². The summed E-state index contributed by atoms with van der Waals surface area (Å²) < 4.78 is 5.68. The molecule has 7 heteroatoms. The summed E-state index contributed by atoms with van der Waals surface area (Å²) in [5.74, 6) is -0.0883. The van der Waals surface area contributed by atoms with E-state index in [4.69, 9.17) is 10.5 Å². The van der Waals surface area contributed by atoms with Crippen LogP contribution < -0.4 is 15.4 Å². The summed E-state index contributed by atoms with van der Waals surface area (Å²) in [5.41, 5.74) is 9.67. The molecule has 2 bridgehead atoms. The lowest BCUT2D eigenvalue weighted by Gasteiger charge is -2.43. The Morgan fingerprint density at radius 1 is 1.41 bits per heavy atom. The monoisotopic (exact) mass is 364 g/mol. The first kappa shape index (κ1) is 17.2. The van der Waals surface area contributed by atoms with Gasteiger partial charge in [0.15, 0.2) is 6.10 Å². The molecule has 3 aliphatic heterocycles. The van der Waals surface area contributed by atoms with E-state index in [9.17, 15) is 15.2 Å². The number of rotatable bonds is 4. The van der Waals surface area contributed by atoms with Gasteiger partial charge in [-0.25, -0.2) is 9.78 Å². The summed E-state index contributed by atoms with van der Waals surface area (Å²) in [4.78, 5) is 18.0. The lowest BCUT2D eigenvalue weighted by molar-refractivity contribution is -0.144. The topological polar surface area (TPSA) is 112 Å².